The maximum absolute atomic E-state index is 11.7. The van der Waals surface area contributed by atoms with Crippen molar-refractivity contribution in [2.45, 2.75) is 24.8 Å². The number of carbonyl (C=O) groups excluding carboxylic acids is 1. The Bertz CT molecular complexity index is 874. The van der Waals surface area contributed by atoms with E-state index in [4.69, 9.17) is 0 Å². The Balaban J connectivity index is 1.78. The summed E-state index contributed by atoms with van der Waals surface area (Å²) in [4.78, 5) is 20.5. The third kappa shape index (κ3) is 3.34. The van der Waals surface area contributed by atoms with E-state index in [1.54, 1.807) is 17.6 Å². The van der Waals surface area contributed by atoms with E-state index in [-0.39, 0.29) is 5.91 Å². The first-order valence-corrected chi connectivity index (χ1v) is 8.20. The molecule has 0 spiro atoms. The van der Waals surface area contributed by atoms with Crippen molar-refractivity contribution in [2.75, 3.05) is 7.05 Å². The van der Waals surface area contributed by atoms with E-state index in [0.29, 0.717) is 22.3 Å². The molecule has 0 fully saturated rings. The van der Waals surface area contributed by atoms with Crippen LogP contribution in [0, 0.1) is 13.8 Å². The number of aryl methyl sites for hydroxylation is 2. The minimum atomic E-state index is -0.0852. The third-order valence-electron chi connectivity index (χ3n) is 3.38. The van der Waals surface area contributed by atoms with Crippen LogP contribution in [0.25, 0.3) is 5.78 Å². The Labute approximate surface area is 138 Å². The number of rotatable bonds is 4. The standard InChI is InChI=1S/C16H17N5OS/c1-10-7-11(2)21-15(18-10)19-16(20-21)23-9-12-5-4-6-13(8-12)14(22)17-3/h4-8H,9H2,1-3H3,(H,17,22). The molecule has 1 N–H and O–H groups in total. The number of thioether (sulfide) groups is 1. The Morgan fingerprint density at radius 1 is 1.26 bits per heavy atom. The van der Waals surface area contributed by atoms with Gasteiger partial charge in [0.1, 0.15) is 0 Å². The first-order chi connectivity index (χ1) is 11.1. The average Bonchev–Trinajstić information content (AvgIpc) is 2.95. The van der Waals surface area contributed by atoms with Crippen molar-refractivity contribution in [3.05, 3.63) is 52.8 Å². The van der Waals surface area contributed by atoms with Crippen molar-refractivity contribution < 1.29 is 4.79 Å². The molecule has 0 aliphatic heterocycles. The molecule has 2 heterocycles. The molecule has 0 saturated carbocycles. The van der Waals surface area contributed by atoms with Crippen molar-refractivity contribution >= 4 is 23.4 Å². The molecule has 0 aliphatic rings. The minimum Gasteiger partial charge on any atom is -0.355 e. The van der Waals surface area contributed by atoms with Crippen molar-refractivity contribution in [3.63, 3.8) is 0 Å². The molecule has 3 rings (SSSR count). The predicted octanol–water partition coefficient (Wildman–Crippen LogP) is 2.39. The van der Waals surface area contributed by atoms with Crippen LogP contribution in [0.15, 0.2) is 35.5 Å². The van der Waals surface area contributed by atoms with Crippen molar-refractivity contribution in [1.82, 2.24) is 24.9 Å². The minimum absolute atomic E-state index is 0.0852. The number of aromatic nitrogens is 4. The summed E-state index contributed by atoms with van der Waals surface area (Å²) in [7, 11) is 1.63. The fourth-order valence-corrected chi connectivity index (χ4v) is 3.06. The van der Waals surface area contributed by atoms with Crippen LogP contribution in [-0.4, -0.2) is 32.5 Å². The summed E-state index contributed by atoms with van der Waals surface area (Å²) in [5, 5.41) is 7.78. The van der Waals surface area contributed by atoms with Crippen LogP contribution >= 0.6 is 11.8 Å². The Kier molecular flexibility index (Phi) is 4.29. The van der Waals surface area contributed by atoms with Crippen LogP contribution in [0.5, 0.6) is 0 Å². The van der Waals surface area contributed by atoms with Gasteiger partial charge >= 0.3 is 0 Å². The quantitative estimate of drug-likeness (QED) is 0.745. The van der Waals surface area contributed by atoms with E-state index in [1.165, 1.54) is 11.8 Å². The normalized spacial score (nSPS) is 10.9. The fraction of sp³-hybridized carbons (Fsp3) is 0.250. The van der Waals surface area contributed by atoms with Crippen molar-refractivity contribution in [3.8, 4) is 0 Å². The van der Waals surface area contributed by atoms with Crippen LogP contribution in [0.2, 0.25) is 0 Å². The van der Waals surface area contributed by atoms with E-state index in [0.717, 1.165) is 17.0 Å². The molecule has 0 atom stereocenters. The lowest BCUT2D eigenvalue weighted by atomic mass is 10.1. The lowest BCUT2D eigenvalue weighted by Crippen LogP contribution is -2.17. The highest BCUT2D eigenvalue weighted by Gasteiger charge is 2.09. The van der Waals surface area contributed by atoms with Crippen LogP contribution < -0.4 is 5.32 Å². The molecule has 1 aromatic carbocycles. The highest BCUT2D eigenvalue weighted by molar-refractivity contribution is 7.98. The topological polar surface area (TPSA) is 72.2 Å². The molecule has 0 unspecified atom stereocenters. The summed E-state index contributed by atoms with van der Waals surface area (Å²) >= 11 is 1.53. The molecule has 0 aliphatic carbocycles. The number of nitrogens with one attached hydrogen (secondary N) is 1. The van der Waals surface area contributed by atoms with Gasteiger partial charge in [0.25, 0.3) is 11.7 Å². The molecule has 6 nitrogen and oxygen atoms in total. The number of fused-ring (bicyclic) bond motifs is 1. The predicted molar refractivity (Wildman–Crippen MR) is 89.6 cm³/mol. The lowest BCUT2D eigenvalue weighted by Gasteiger charge is -2.03. The molecule has 3 aromatic rings. The van der Waals surface area contributed by atoms with E-state index >= 15 is 0 Å². The smallest absolute Gasteiger partial charge is 0.253 e. The first kappa shape index (κ1) is 15.5. The average molecular weight is 327 g/mol. The van der Waals surface area contributed by atoms with Gasteiger partial charge in [-0.3, -0.25) is 4.79 Å². The SMILES string of the molecule is CNC(=O)c1cccc(CSc2nc3nc(C)cc(C)n3n2)c1. The molecule has 7 heteroatoms. The summed E-state index contributed by atoms with van der Waals surface area (Å²) in [6.07, 6.45) is 0. The largest absolute Gasteiger partial charge is 0.355 e. The monoisotopic (exact) mass is 327 g/mol. The zero-order chi connectivity index (χ0) is 16.4. The van der Waals surface area contributed by atoms with Gasteiger partial charge in [-0.05, 0) is 37.6 Å². The van der Waals surface area contributed by atoms with Crippen LogP contribution in [-0.2, 0) is 5.75 Å². The molecule has 0 bridgehead atoms. The van der Waals surface area contributed by atoms with Gasteiger partial charge in [-0.25, -0.2) is 9.50 Å². The molecule has 23 heavy (non-hydrogen) atoms. The second-order valence-electron chi connectivity index (χ2n) is 5.21. The summed E-state index contributed by atoms with van der Waals surface area (Å²) in [6, 6.07) is 9.53. The van der Waals surface area contributed by atoms with E-state index in [1.807, 2.05) is 38.1 Å². The summed E-state index contributed by atoms with van der Waals surface area (Å²) in [5.74, 6) is 1.22. The summed E-state index contributed by atoms with van der Waals surface area (Å²) < 4.78 is 1.75. The molecule has 2 aromatic heterocycles. The van der Waals surface area contributed by atoms with Gasteiger partial charge in [0.2, 0.25) is 5.16 Å². The number of carbonyl (C=O) groups is 1. The van der Waals surface area contributed by atoms with Crippen LogP contribution in [0.4, 0.5) is 0 Å². The second kappa shape index (κ2) is 6.37. The zero-order valence-electron chi connectivity index (χ0n) is 13.2. The Hall–Kier alpha value is -2.41. The number of hydrogen-bond acceptors (Lipinski definition) is 5. The van der Waals surface area contributed by atoms with Crippen molar-refractivity contribution in [2.24, 2.45) is 0 Å². The second-order valence-corrected chi connectivity index (χ2v) is 6.16. The fourth-order valence-electron chi connectivity index (χ4n) is 2.30. The highest BCUT2D eigenvalue weighted by atomic mass is 32.2. The Morgan fingerprint density at radius 2 is 2.09 bits per heavy atom. The van der Waals surface area contributed by atoms with E-state index in [9.17, 15) is 4.79 Å². The molecule has 118 valence electrons. The van der Waals surface area contributed by atoms with Crippen LogP contribution in [0.1, 0.15) is 27.3 Å². The van der Waals surface area contributed by atoms with Crippen molar-refractivity contribution in [1.29, 1.82) is 0 Å². The Morgan fingerprint density at radius 3 is 2.87 bits per heavy atom. The first-order valence-electron chi connectivity index (χ1n) is 7.21. The van der Waals surface area contributed by atoms with Gasteiger partial charge < -0.3 is 5.32 Å². The summed E-state index contributed by atoms with van der Waals surface area (Å²) in [6.45, 7) is 3.93. The number of amides is 1. The number of hydrogen-bond donors (Lipinski definition) is 1. The molecular formula is C16H17N5OS. The molecular weight excluding hydrogens is 310 g/mol. The maximum Gasteiger partial charge on any atom is 0.253 e. The zero-order valence-corrected chi connectivity index (χ0v) is 14.0. The van der Waals surface area contributed by atoms with E-state index in [2.05, 4.69) is 20.4 Å². The van der Waals surface area contributed by atoms with E-state index < -0.39 is 0 Å². The number of nitrogens with zero attached hydrogens (tertiary/aromatic N) is 4. The molecule has 0 saturated heterocycles. The van der Waals surface area contributed by atoms with Gasteiger partial charge in [-0.1, -0.05) is 23.9 Å². The van der Waals surface area contributed by atoms with Gasteiger partial charge in [0.15, 0.2) is 0 Å². The van der Waals surface area contributed by atoms with Gasteiger partial charge in [-0.2, -0.15) is 4.98 Å². The highest BCUT2D eigenvalue weighted by Crippen LogP contribution is 2.21. The number of benzene rings is 1. The van der Waals surface area contributed by atoms with Crippen LogP contribution in [0.3, 0.4) is 0 Å². The lowest BCUT2D eigenvalue weighted by molar-refractivity contribution is 0.0963. The third-order valence-corrected chi connectivity index (χ3v) is 4.29. The summed E-state index contributed by atoms with van der Waals surface area (Å²) in [5.41, 5.74) is 3.64. The van der Waals surface area contributed by atoms with Gasteiger partial charge in [-0.15, -0.1) is 5.10 Å². The van der Waals surface area contributed by atoms with Gasteiger partial charge in [0.05, 0.1) is 0 Å². The molecule has 0 radical (unpaired) electrons. The molecule has 1 amide bonds. The van der Waals surface area contributed by atoms with Gasteiger partial charge in [0, 0.05) is 29.8 Å². The maximum atomic E-state index is 11.7.